The Kier molecular flexibility index (Phi) is 5.06. The molecule has 7 heteroatoms. The molecule has 0 fully saturated rings. The van der Waals surface area contributed by atoms with E-state index in [9.17, 15) is 14.9 Å². The molecule has 1 rings (SSSR count). The van der Waals surface area contributed by atoms with E-state index in [1.54, 1.807) is 18.2 Å². The number of hydrogen-bond acceptors (Lipinski definition) is 6. The minimum Gasteiger partial charge on any atom is -0.379 e. The molecular weight excluding hydrogens is 238 g/mol. The fourth-order valence-electron chi connectivity index (χ4n) is 1.47. The molecule has 1 unspecified atom stereocenters. The van der Waals surface area contributed by atoms with Crippen LogP contribution in [0.1, 0.15) is 13.3 Å². The summed E-state index contributed by atoms with van der Waals surface area (Å²) in [5.74, 6) is 4.18. The lowest BCUT2D eigenvalue weighted by Gasteiger charge is -2.12. The second kappa shape index (κ2) is 6.55. The van der Waals surface area contributed by atoms with Gasteiger partial charge in [0.05, 0.1) is 11.3 Å². The first-order valence-corrected chi connectivity index (χ1v) is 5.41. The maximum Gasteiger partial charge on any atom is 0.324 e. The lowest BCUT2D eigenvalue weighted by Crippen LogP contribution is -2.19. The Hall–Kier alpha value is -2.15. The summed E-state index contributed by atoms with van der Waals surface area (Å²) >= 11 is 0. The van der Waals surface area contributed by atoms with Crippen LogP contribution in [0.2, 0.25) is 0 Å². The van der Waals surface area contributed by atoms with Crippen LogP contribution in [0, 0.1) is 16.0 Å². The van der Waals surface area contributed by atoms with Crippen molar-refractivity contribution in [3.63, 3.8) is 0 Å². The highest BCUT2D eigenvalue weighted by Crippen LogP contribution is 2.23. The average molecular weight is 253 g/mol. The molecule has 0 aliphatic carbocycles. The topological polar surface area (TPSA) is 107 Å². The minimum absolute atomic E-state index is 0.00565. The maximum absolute atomic E-state index is 10.9. The molecule has 18 heavy (non-hydrogen) atoms. The third kappa shape index (κ3) is 4.02. The predicted molar refractivity (Wildman–Crippen MR) is 65.6 cm³/mol. The second-order valence-corrected chi connectivity index (χ2v) is 3.95. The van der Waals surface area contributed by atoms with E-state index in [1.165, 1.54) is 6.07 Å². The predicted octanol–water partition coefficient (Wildman–Crippen LogP) is 1.45. The number of carbonyl (C=O) groups is 1. The maximum atomic E-state index is 10.9. The molecule has 3 N–H and O–H groups in total. The number of nitrogens with two attached hydrogens (primary N) is 1. The van der Waals surface area contributed by atoms with Crippen LogP contribution in [0.4, 0.5) is 11.4 Å². The van der Waals surface area contributed by atoms with Gasteiger partial charge in [-0.25, -0.2) is 0 Å². The van der Waals surface area contributed by atoms with Gasteiger partial charge >= 0.3 is 5.97 Å². The number of nitrogens with one attached hydrogen (secondary N) is 1. The van der Waals surface area contributed by atoms with Gasteiger partial charge in [0, 0.05) is 12.6 Å². The van der Waals surface area contributed by atoms with Gasteiger partial charge in [-0.1, -0.05) is 19.1 Å². The average Bonchev–Trinajstić information content (AvgIpc) is 2.36. The van der Waals surface area contributed by atoms with Gasteiger partial charge in [-0.2, -0.15) is 5.90 Å². The zero-order valence-electron chi connectivity index (χ0n) is 9.96. The van der Waals surface area contributed by atoms with E-state index < -0.39 is 10.9 Å². The van der Waals surface area contributed by atoms with E-state index >= 15 is 0 Å². The van der Waals surface area contributed by atoms with Crippen LogP contribution in [0.15, 0.2) is 24.3 Å². The molecule has 0 aliphatic heterocycles. The first-order valence-electron chi connectivity index (χ1n) is 5.41. The third-order valence-electron chi connectivity index (χ3n) is 2.39. The summed E-state index contributed by atoms with van der Waals surface area (Å²) < 4.78 is 0. The van der Waals surface area contributed by atoms with Gasteiger partial charge in [0.1, 0.15) is 5.69 Å². The van der Waals surface area contributed by atoms with Crippen molar-refractivity contribution in [1.29, 1.82) is 0 Å². The van der Waals surface area contributed by atoms with Crippen LogP contribution in [0.3, 0.4) is 0 Å². The summed E-state index contributed by atoms with van der Waals surface area (Å²) in [7, 11) is 0. The van der Waals surface area contributed by atoms with Crippen LogP contribution in [0.25, 0.3) is 0 Å². The lowest BCUT2D eigenvalue weighted by atomic mass is 10.1. The quantitative estimate of drug-likeness (QED) is 0.586. The second-order valence-electron chi connectivity index (χ2n) is 3.95. The largest absolute Gasteiger partial charge is 0.379 e. The molecule has 0 aliphatic rings. The molecule has 0 aromatic heterocycles. The Balaban J connectivity index is 2.58. The number of rotatable bonds is 6. The van der Waals surface area contributed by atoms with Crippen LogP contribution in [-0.2, 0) is 9.63 Å². The van der Waals surface area contributed by atoms with Crippen molar-refractivity contribution in [3.8, 4) is 0 Å². The smallest absolute Gasteiger partial charge is 0.324 e. The third-order valence-corrected chi connectivity index (χ3v) is 2.39. The number of carbonyl (C=O) groups excluding carboxylic acids is 1. The summed E-state index contributed by atoms with van der Waals surface area (Å²) in [5.41, 5.74) is 0.432. The highest BCUT2D eigenvalue weighted by molar-refractivity contribution is 5.69. The fraction of sp³-hybridized carbons (Fsp3) is 0.364. The summed E-state index contributed by atoms with van der Waals surface area (Å²) in [6.45, 7) is 2.23. The van der Waals surface area contributed by atoms with Gasteiger partial charge in [-0.15, -0.1) is 0 Å². The Morgan fingerprint density at radius 3 is 2.83 bits per heavy atom. The zero-order chi connectivity index (χ0) is 13.5. The Morgan fingerprint density at radius 2 is 2.22 bits per heavy atom. The Bertz CT molecular complexity index is 436. The van der Waals surface area contributed by atoms with Gasteiger partial charge in [0.15, 0.2) is 0 Å². The normalized spacial score (nSPS) is 11.7. The van der Waals surface area contributed by atoms with E-state index in [0.717, 1.165) is 0 Å². The fourth-order valence-corrected chi connectivity index (χ4v) is 1.47. The molecule has 0 saturated heterocycles. The Labute approximate surface area is 104 Å². The van der Waals surface area contributed by atoms with Gasteiger partial charge in [0.25, 0.3) is 5.69 Å². The zero-order valence-corrected chi connectivity index (χ0v) is 9.96. The number of hydrogen-bond donors (Lipinski definition) is 2. The molecule has 0 bridgehead atoms. The van der Waals surface area contributed by atoms with Gasteiger partial charge < -0.3 is 10.2 Å². The number of nitro benzene ring substituents is 1. The molecule has 1 aromatic carbocycles. The van der Waals surface area contributed by atoms with E-state index in [2.05, 4.69) is 10.2 Å². The number of nitro groups is 1. The number of anilines is 1. The monoisotopic (exact) mass is 253 g/mol. The van der Waals surface area contributed by atoms with Crippen LogP contribution in [-0.4, -0.2) is 17.4 Å². The SMILES string of the molecule is CC(CNc1ccccc1[N+](=O)[O-])CC(=O)ON. The van der Waals surface area contributed by atoms with Crippen molar-refractivity contribution in [2.75, 3.05) is 11.9 Å². The van der Waals surface area contributed by atoms with Crippen molar-refractivity contribution >= 4 is 17.3 Å². The van der Waals surface area contributed by atoms with Gasteiger partial charge in [-0.05, 0) is 12.0 Å². The van der Waals surface area contributed by atoms with Gasteiger partial charge in [0.2, 0.25) is 0 Å². The van der Waals surface area contributed by atoms with Crippen LogP contribution >= 0.6 is 0 Å². The van der Waals surface area contributed by atoms with Crippen molar-refractivity contribution in [2.45, 2.75) is 13.3 Å². The lowest BCUT2D eigenvalue weighted by molar-refractivity contribution is -0.384. The molecule has 1 aromatic rings. The standard InChI is InChI=1S/C11H15N3O4/c1-8(6-11(15)18-12)7-13-9-4-2-3-5-10(9)14(16)17/h2-5,8,13H,6-7,12H2,1H3. The molecule has 0 spiro atoms. The summed E-state index contributed by atoms with van der Waals surface area (Å²) in [5, 5.41) is 13.7. The van der Waals surface area contributed by atoms with Crippen molar-refractivity contribution in [3.05, 3.63) is 34.4 Å². The van der Waals surface area contributed by atoms with Crippen molar-refractivity contribution in [1.82, 2.24) is 0 Å². The Morgan fingerprint density at radius 1 is 1.56 bits per heavy atom. The number of benzene rings is 1. The minimum atomic E-state index is -0.508. The van der Waals surface area contributed by atoms with E-state index in [-0.39, 0.29) is 18.0 Å². The summed E-state index contributed by atoms with van der Waals surface area (Å²) in [6, 6.07) is 6.33. The van der Waals surface area contributed by atoms with E-state index in [1.807, 2.05) is 6.92 Å². The van der Waals surface area contributed by atoms with Gasteiger partial charge in [-0.3, -0.25) is 14.9 Å². The van der Waals surface area contributed by atoms with Crippen molar-refractivity contribution < 1.29 is 14.6 Å². The van der Waals surface area contributed by atoms with E-state index in [4.69, 9.17) is 5.90 Å². The molecular formula is C11H15N3O4. The highest BCUT2D eigenvalue weighted by Gasteiger charge is 2.14. The number of nitrogens with zero attached hydrogens (tertiary/aromatic N) is 1. The summed E-state index contributed by atoms with van der Waals surface area (Å²) in [4.78, 5) is 25.3. The molecule has 0 radical (unpaired) electrons. The molecule has 1 atom stereocenters. The van der Waals surface area contributed by atoms with E-state index in [0.29, 0.717) is 12.2 Å². The summed E-state index contributed by atoms with van der Waals surface area (Å²) in [6.07, 6.45) is 0.157. The molecule has 98 valence electrons. The van der Waals surface area contributed by atoms with Crippen LogP contribution in [0.5, 0.6) is 0 Å². The first-order chi connectivity index (χ1) is 8.54. The van der Waals surface area contributed by atoms with Crippen LogP contribution < -0.4 is 11.2 Å². The molecule has 7 nitrogen and oxygen atoms in total. The number of para-hydroxylation sites is 2. The molecule has 0 heterocycles. The molecule has 0 saturated carbocycles. The first kappa shape index (κ1) is 13.9. The highest BCUT2D eigenvalue weighted by atomic mass is 16.7. The van der Waals surface area contributed by atoms with Crippen molar-refractivity contribution in [2.24, 2.45) is 11.8 Å². The molecule has 0 amide bonds.